The SMILES string of the molecule is Cc1cc(C)c(C)c(Oc2nnccc2C(=O)O)c1. The van der Waals surface area contributed by atoms with Crippen LogP contribution in [0, 0.1) is 20.8 Å². The highest BCUT2D eigenvalue weighted by molar-refractivity contribution is 5.90. The minimum Gasteiger partial charge on any atom is -0.477 e. The largest absolute Gasteiger partial charge is 0.477 e. The second-order valence-electron chi connectivity index (χ2n) is 4.36. The normalized spacial score (nSPS) is 10.3. The van der Waals surface area contributed by atoms with Crippen LogP contribution in [0.25, 0.3) is 0 Å². The third-order valence-corrected chi connectivity index (χ3v) is 2.89. The van der Waals surface area contributed by atoms with Gasteiger partial charge < -0.3 is 9.84 Å². The molecule has 0 saturated heterocycles. The van der Waals surface area contributed by atoms with E-state index in [0.29, 0.717) is 5.75 Å². The predicted octanol–water partition coefficient (Wildman–Crippen LogP) is 2.89. The van der Waals surface area contributed by atoms with E-state index in [4.69, 9.17) is 9.84 Å². The van der Waals surface area contributed by atoms with Crippen molar-refractivity contribution in [3.63, 3.8) is 0 Å². The number of rotatable bonds is 3. The standard InChI is InChI=1S/C14H14N2O3/c1-8-6-9(2)10(3)12(7-8)19-13-11(14(17)18)4-5-15-16-13/h4-7H,1-3H3,(H,17,18). The molecule has 0 aliphatic rings. The molecule has 1 aromatic carbocycles. The molecule has 0 atom stereocenters. The van der Waals surface area contributed by atoms with Crippen molar-refractivity contribution in [2.45, 2.75) is 20.8 Å². The topological polar surface area (TPSA) is 72.3 Å². The van der Waals surface area contributed by atoms with Crippen molar-refractivity contribution in [3.8, 4) is 11.6 Å². The van der Waals surface area contributed by atoms with Crippen LogP contribution in [-0.2, 0) is 0 Å². The van der Waals surface area contributed by atoms with E-state index in [1.807, 2.05) is 32.9 Å². The van der Waals surface area contributed by atoms with Crippen LogP contribution in [0.5, 0.6) is 11.6 Å². The molecular formula is C14H14N2O3. The van der Waals surface area contributed by atoms with Gasteiger partial charge in [0.15, 0.2) is 0 Å². The Morgan fingerprint density at radius 1 is 1.26 bits per heavy atom. The monoisotopic (exact) mass is 258 g/mol. The van der Waals surface area contributed by atoms with Crippen molar-refractivity contribution in [1.29, 1.82) is 0 Å². The van der Waals surface area contributed by atoms with Gasteiger partial charge in [0.1, 0.15) is 11.3 Å². The molecule has 19 heavy (non-hydrogen) atoms. The van der Waals surface area contributed by atoms with Gasteiger partial charge in [-0.3, -0.25) is 0 Å². The van der Waals surface area contributed by atoms with Gasteiger partial charge in [-0.15, -0.1) is 5.10 Å². The predicted molar refractivity (Wildman–Crippen MR) is 69.7 cm³/mol. The summed E-state index contributed by atoms with van der Waals surface area (Å²) < 4.78 is 5.61. The van der Waals surface area contributed by atoms with E-state index in [0.717, 1.165) is 16.7 Å². The third kappa shape index (κ3) is 2.70. The summed E-state index contributed by atoms with van der Waals surface area (Å²) in [6.45, 7) is 5.85. The summed E-state index contributed by atoms with van der Waals surface area (Å²) in [6, 6.07) is 5.25. The maximum atomic E-state index is 11.1. The smallest absolute Gasteiger partial charge is 0.341 e. The fourth-order valence-corrected chi connectivity index (χ4v) is 1.77. The van der Waals surface area contributed by atoms with E-state index >= 15 is 0 Å². The summed E-state index contributed by atoms with van der Waals surface area (Å²) in [7, 11) is 0. The quantitative estimate of drug-likeness (QED) is 0.916. The molecule has 1 N–H and O–H groups in total. The fourth-order valence-electron chi connectivity index (χ4n) is 1.77. The lowest BCUT2D eigenvalue weighted by Crippen LogP contribution is -2.03. The highest BCUT2D eigenvalue weighted by atomic mass is 16.5. The maximum absolute atomic E-state index is 11.1. The highest BCUT2D eigenvalue weighted by Gasteiger charge is 2.15. The number of ether oxygens (including phenoxy) is 1. The first kappa shape index (κ1) is 13.0. The number of aryl methyl sites for hydroxylation is 2. The number of carboxylic acid groups (broad SMARTS) is 1. The first-order valence-electron chi connectivity index (χ1n) is 5.79. The molecular weight excluding hydrogens is 244 g/mol. The van der Waals surface area contributed by atoms with Gasteiger partial charge in [0.05, 0.1) is 6.20 Å². The van der Waals surface area contributed by atoms with Crippen LogP contribution < -0.4 is 4.74 Å². The maximum Gasteiger partial charge on any atom is 0.341 e. The van der Waals surface area contributed by atoms with Crippen LogP contribution in [0.4, 0.5) is 0 Å². The molecule has 98 valence electrons. The number of hydrogen-bond acceptors (Lipinski definition) is 4. The Morgan fingerprint density at radius 3 is 2.68 bits per heavy atom. The van der Waals surface area contributed by atoms with Gasteiger partial charge >= 0.3 is 5.97 Å². The van der Waals surface area contributed by atoms with Crippen molar-refractivity contribution in [2.75, 3.05) is 0 Å². The molecule has 0 radical (unpaired) electrons. The second kappa shape index (κ2) is 5.06. The molecule has 2 aromatic rings. The third-order valence-electron chi connectivity index (χ3n) is 2.89. The average molecular weight is 258 g/mol. The molecule has 1 aromatic heterocycles. The first-order valence-corrected chi connectivity index (χ1v) is 5.79. The van der Waals surface area contributed by atoms with E-state index < -0.39 is 5.97 Å². The molecule has 2 rings (SSSR count). The minimum atomic E-state index is -1.09. The van der Waals surface area contributed by atoms with Gasteiger partial charge in [-0.25, -0.2) is 4.79 Å². The molecule has 0 fully saturated rings. The Balaban J connectivity index is 2.45. The number of aromatic nitrogens is 2. The van der Waals surface area contributed by atoms with E-state index in [2.05, 4.69) is 10.2 Å². The number of carbonyl (C=O) groups is 1. The summed E-state index contributed by atoms with van der Waals surface area (Å²) >= 11 is 0. The number of nitrogens with zero attached hydrogens (tertiary/aromatic N) is 2. The first-order chi connectivity index (χ1) is 8.99. The number of benzene rings is 1. The minimum absolute atomic E-state index is 0.00287. The van der Waals surface area contributed by atoms with Crippen molar-refractivity contribution < 1.29 is 14.6 Å². The lowest BCUT2D eigenvalue weighted by molar-refractivity contribution is 0.0693. The summed E-state index contributed by atoms with van der Waals surface area (Å²) in [5, 5.41) is 16.5. The second-order valence-corrected chi connectivity index (χ2v) is 4.36. The van der Waals surface area contributed by atoms with Crippen LogP contribution in [0.1, 0.15) is 27.0 Å². The van der Waals surface area contributed by atoms with Gasteiger partial charge in [-0.2, -0.15) is 5.10 Å². The van der Waals surface area contributed by atoms with Crippen molar-refractivity contribution in [1.82, 2.24) is 10.2 Å². The van der Waals surface area contributed by atoms with Gasteiger partial charge in [-0.05, 0) is 49.6 Å². The summed E-state index contributed by atoms with van der Waals surface area (Å²) in [5.41, 5.74) is 3.07. The average Bonchev–Trinajstić information content (AvgIpc) is 2.35. The van der Waals surface area contributed by atoms with Gasteiger partial charge in [-0.1, -0.05) is 6.07 Å². The molecule has 1 heterocycles. The van der Waals surface area contributed by atoms with E-state index in [-0.39, 0.29) is 11.4 Å². The number of hydrogen-bond donors (Lipinski definition) is 1. The van der Waals surface area contributed by atoms with Crippen LogP contribution >= 0.6 is 0 Å². The lowest BCUT2D eigenvalue weighted by Gasteiger charge is -2.12. The van der Waals surface area contributed by atoms with Crippen molar-refractivity contribution >= 4 is 5.97 Å². The molecule has 5 heteroatoms. The molecule has 5 nitrogen and oxygen atoms in total. The summed E-state index contributed by atoms with van der Waals surface area (Å²) in [6.07, 6.45) is 1.32. The van der Waals surface area contributed by atoms with E-state index in [1.54, 1.807) is 0 Å². The Labute approximate surface area is 110 Å². The van der Waals surface area contributed by atoms with Crippen LogP contribution in [-0.4, -0.2) is 21.3 Å². The number of aromatic carboxylic acids is 1. The fraction of sp³-hybridized carbons (Fsp3) is 0.214. The Hall–Kier alpha value is -2.43. The van der Waals surface area contributed by atoms with E-state index in [1.165, 1.54) is 12.3 Å². The van der Waals surface area contributed by atoms with Crippen molar-refractivity contribution in [3.05, 3.63) is 46.6 Å². The lowest BCUT2D eigenvalue weighted by atomic mass is 10.1. The molecule has 0 amide bonds. The zero-order chi connectivity index (χ0) is 14.0. The zero-order valence-electron chi connectivity index (χ0n) is 11.0. The molecule has 0 bridgehead atoms. The van der Waals surface area contributed by atoms with E-state index in [9.17, 15) is 4.79 Å². The van der Waals surface area contributed by atoms with Gasteiger partial charge in [0, 0.05) is 0 Å². The Morgan fingerprint density at radius 2 is 2.00 bits per heavy atom. The Kier molecular flexibility index (Phi) is 3.46. The van der Waals surface area contributed by atoms with Crippen LogP contribution in [0.2, 0.25) is 0 Å². The number of carboxylic acids is 1. The summed E-state index contributed by atoms with van der Waals surface area (Å²) in [4.78, 5) is 11.1. The van der Waals surface area contributed by atoms with Gasteiger partial charge in [0.2, 0.25) is 0 Å². The molecule has 0 aliphatic heterocycles. The molecule has 0 unspecified atom stereocenters. The molecule has 0 spiro atoms. The van der Waals surface area contributed by atoms with Gasteiger partial charge in [0.25, 0.3) is 5.88 Å². The van der Waals surface area contributed by atoms with Crippen LogP contribution in [0.3, 0.4) is 0 Å². The van der Waals surface area contributed by atoms with Crippen molar-refractivity contribution in [2.24, 2.45) is 0 Å². The van der Waals surface area contributed by atoms with Crippen LogP contribution in [0.15, 0.2) is 24.4 Å². The Bertz CT molecular complexity index is 639. The molecule has 0 saturated carbocycles. The highest BCUT2D eigenvalue weighted by Crippen LogP contribution is 2.28. The zero-order valence-corrected chi connectivity index (χ0v) is 11.0. The summed E-state index contributed by atoms with van der Waals surface area (Å²) in [5.74, 6) is -0.490. The molecule has 0 aliphatic carbocycles.